The predicted octanol–water partition coefficient (Wildman–Crippen LogP) is 4.27. The van der Waals surface area contributed by atoms with Gasteiger partial charge in [0.25, 0.3) is 0 Å². The molecule has 0 amide bonds. The fourth-order valence-corrected chi connectivity index (χ4v) is 5.73. The van der Waals surface area contributed by atoms with Crippen LogP contribution >= 0.6 is 23.7 Å². The number of aliphatic hydroxyl groups is 1. The first-order valence-electron chi connectivity index (χ1n) is 10.4. The monoisotopic (exact) mass is 446 g/mol. The molecule has 5 nitrogen and oxygen atoms in total. The number of carbonyl (C=O) groups excluding carboxylic acids is 1. The van der Waals surface area contributed by atoms with Crippen LogP contribution in [0.2, 0.25) is 0 Å². The maximum Gasteiger partial charge on any atom is 0.168 e. The van der Waals surface area contributed by atoms with Crippen LogP contribution in [0.4, 0.5) is 0 Å². The highest BCUT2D eigenvalue weighted by Gasteiger charge is 2.37. The Kier molecular flexibility index (Phi) is 6.21. The van der Waals surface area contributed by atoms with Crippen molar-refractivity contribution in [3.05, 3.63) is 51.8 Å². The second-order valence-corrected chi connectivity index (χ2v) is 9.60. The standard InChI is InChI=1S/C23H26N2O3S.ClH/c1-13-10-17-21(29-13)7-2-15(22(17)26)12-25-19-5-6-20(23(19)27)28-16-3-4-18-14(11-16)8-9-24-18;/h3-4,8-11,15,19-20,23-25,27H,2,5-7,12H2,1H3;1H. The van der Waals surface area contributed by atoms with Crippen LogP contribution in [0.5, 0.6) is 5.75 Å². The van der Waals surface area contributed by atoms with Gasteiger partial charge >= 0.3 is 0 Å². The van der Waals surface area contributed by atoms with Crippen LogP contribution in [0.3, 0.4) is 0 Å². The average Bonchev–Trinajstić information content (AvgIpc) is 3.41. The zero-order valence-electron chi connectivity index (χ0n) is 16.9. The van der Waals surface area contributed by atoms with Crippen LogP contribution < -0.4 is 10.1 Å². The number of ketones is 1. The van der Waals surface area contributed by atoms with E-state index in [1.807, 2.05) is 36.5 Å². The fraction of sp³-hybridized carbons (Fsp3) is 0.435. The summed E-state index contributed by atoms with van der Waals surface area (Å²) < 4.78 is 6.09. The molecule has 0 radical (unpaired) electrons. The molecular formula is C23H27ClN2O3S. The van der Waals surface area contributed by atoms with Crippen molar-refractivity contribution < 1.29 is 14.6 Å². The minimum absolute atomic E-state index is 0. The van der Waals surface area contributed by atoms with E-state index in [2.05, 4.69) is 17.2 Å². The van der Waals surface area contributed by atoms with E-state index < -0.39 is 6.10 Å². The van der Waals surface area contributed by atoms with Crippen molar-refractivity contribution >= 4 is 40.4 Å². The van der Waals surface area contributed by atoms with Gasteiger partial charge < -0.3 is 20.1 Å². The number of aromatic amines is 1. The topological polar surface area (TPSA) is 74.3 Å². The van der Waals surface area contributed by atoms with Crippen molar-refractivity contribution in [2.75, 3.05) is 6.54 Å². The molecule has 1 saturated carbocycles. The van der Waals surface area contributed by atoms with Crippen molar-refractivity contribution in [2.24, 2.45) is 5.92 Å². The van der Waals surface area contributed by atoms with Gasteiger partial charge in [-0.2, -0.15) is 0 Å². The Morgan fingerprint density at radius 3 is 2.97 bits per heavy atom. The third-order valence-corrected chi connectivity index (χ3v) is 7.39. The van der Waals surface area contributed by atoms with Crippen molar-refractivity contribution in [1.29, 1.82) is 0 Å². The molecule has 7 heteroatoms. The molecule has 3 N–H and O–H groups in total. The zero-order chi connectivity index (χ0) is 20.0. The van der Waals surface area contributed by atoms with E-state index >= 15 is 0 Å². The molecule has 160 valence electrons. The molecule has 2 aliphatic carbocycles. The number of fused-ring (bicyclic) bond motifs is 2. The number of aliphatic hydroxyl groups excluding tert-OH is 1. The van der Waals surface area contributed by atoms with Gasteiger partial charge in [-0.3, -0.25) is 4.79 Å². The van der Waals surface area contributed by atoms with Crippen LogP contribution in [0, 0.1) is 12.8 Å². The molecule has 2 aliphatic rings. The van der Waals surface area contributed by atoms with Crippen LogP contribution in [0.1, 0.15) is 39.4 Å². The number of rotatable bonds is 5. The molecule has 3 aromatic rings. The summed E-state index contributed by atoms with van der Waals surface area (Å²) in [6.45, 7) is 2.68. The van der Waals surface area contributed by atoms with E-state index in [9.17, 15) is 9.90 Å². The molecular weight excluding hydrogens is 420 g/mol. The third-order valence-electron chi connectivity index (χ3n) is 6.28. The second kappa shape index (κ2) is 8.71. The summed E-state index contributed by atoms with van der Waals surface area (Å²) in [5.41, 5.74) is 1.99. The number of H-pyrrole nitrogens is 1. The van der Waals surface area contributed by atoms with Gasteiger partial charge in [-0.1, -0.05) is 0 Å². The van der Waals surface area contributed by atoms with Gasteiger partial charge in [0.15, 0.2) is 5.78 Å². The molecule has 1 fully saturated rings. The minimum Gasteiger partial charge on any atom is -0.488 e. The van der Waals surface area contributed by atoms with E-state index in [1.165, 1.54) is 9.75 Å². The van der Waals surface area contributed by atoms with Gasteiger partial charge in [0.2, 0.25) is 0 Å². The Labute approximate surface area is 186 Å². The number of hydrogen-bond donors (Lipinski definition) is 3. The fourth-order valence-electron chi connectivity index (χ4n) is 4.68. The quantitative estimate of drug-likeness (QED) is 0.547. The number of benzene rings is 1. The molecule has 1 aromatic carbocycles. The first-order chi connectivity index (χ1) is 14.1. The first-order valence-corrected chi connectivity index (χ1v) is 11.2. The van der Waals surface area contributed by atoms with Gasteiger partial charge in [-0.05, 0) is 62.9 Å². The molecule has 5 rings (SSSR count). The van der Waals surface area contributed by atoms with E-state index in [0.29, 0.717) is 6.54 Å². The van der Waals surface area contributed by atoms with Gasteiger partial charge in [0.1, 0.15) is 18.0 Å². The van der Waals surface area contributed by atoms with Crippen LogP contribution in [-0.4, -0.2) is 40.7 Å². The van der Waals surface area contributed by atoms with Crippen molar-refractivity contribution in [1.82, 2.24) is 10.3 Å². The lowest BCUT2D eigenvalue weighted by Crippen LogP contribution is -2.44. The highest BCUT2D eigenvalue weighted by Crippen LogP contribution is 2.32. The Balaban J connectivity index is 0.00000218. The maximum atomic E-state index is 12.8. The van der Waals surface area contributed by atoms with Crippen molar-refractivity contribution in [3.8, 4) is 5.75 Å². The molecule has 0 spiro atoms. The molecule has 0 aliphatic heterocycles. The molecule has 30 heavy (non-hydrogen) atoms. The second-order valence-electron chi connectivity index (χ2n) is 8.26. The van der Waals surface area contributed by atoms with Crippen molar-refractivity contribution in [3.63, 3.8) is 0 Å². The van der Waals surface area contributed by atoms with Crippen LogP contribution in [-0.2, 0) is 6.42 Å². The summed E-state index contributed by atoms with van der Waals surface area (Å²) in [6, 6.07) is 9.95. The highest BCUT2D eigenvalue weighted by atomic mass is 35.5. The molecule has 4 atom stereocenters. The van der Waals surface area contributed by atoms with Gasteiger partial charge in [-0.15, -0.1) is 23.7 Å². The smallest absolute Gasteiger partial charge is 0.168 e. The predicted molar refractivity (Wildman–Crippen MR) is 122 cm³/mol. The van der Waals surface area contributed by atoms with E-state index in [4.69, 9.17) is 4.74 Å². The number of aryl methyl sites for hydroxylation is 2. The number of ether oxygens (including phenoxy) is 1. The number of carbonyl (C=O) groups is 1. The third kappa shape index (κ3) is 4.02. The Morgan fingerprint density at radius 2 is 2.10 bits per heavy atom. The number of Topliss-reactive ketones (excluding diaryl/α,β-unsaturated/α-hetero) is 1. The number of hydrogen-bond acceptors (Lipinski definition) is 5. The van der Waals surface area contributed by atoms with Crippen LogP contribution in [0.15, 0.2) is 36.5 Å². The van der Waals surface area contributed by atoms with Crippen LogP contribution in [0.25, 0.3) is 10.9 Å². The Hall–Kier alpha value is -1.86. The van der Waals surface area contributed by atoms with Gasteiger partial charge in [0, 0.05) is 50.9 Å². The number of nitrogens with one attached hydrogen (secondary N) is 2. The molecule has 0 saturated heterocycles. The molecule has 4 unspecified atom stereocenters. The summed E-state index contributed by atoms with van der Waals surface area (Å²) in [5.74, 6) is 1.03. The zero-order valence-corrected chi connectivity index (χ0v) is 18.5. The normalized spacial score (nSPS) is 25.9. The first kappa shape index (κ1) is 21.4. The van der Waals surface area contributed by atoms with Gasteiger partial charge in [-0.25, -0.2) is 0 Å². The maximum absolute atomic E-state index is 12.8. The lowest BCUT2D eigenvalue weighted by molar-refractivity contribution is 0.0442. The molecule has 2 heterocycles. The Bertz CT molecular complexity index is 1050. The molecule has 0 bridgehead atoms. The summed E-state index contributed by atoms with van der Waals surface area (Å²) in [7, 11) is 0. The lowest BCUT2D eigenvalue weighted by Gasteiger charge is -2.25. The molecule has 2 aromatic heterocycles. The summed E-state index contributed by atoms with van der Waals surface area (Å²) in [6.07, 6.45) is 4.63. The van der Waals surface area contributed by atoms with E-state index in [-0.39, 0.29) is 36.3 Å². The Morgan fingerprint density at radius 1 is 1.23 bits per heavy atom. The van der Waals surface area contributed by atoms with Gasteiger partial charge in [0.05, 0.1) is 0 Å². The summed E-state index contributed by atoms with van der Waals surface area (Å²) >= 11 is 1.74. The minimum atomic E-state index is -0.574. The summed E-state index contributed by atoms with van der Waals surface area (Å²) in [5, 5.41) is 15.3. The van der Waals surface area contributed by atoms with E-state index in [1.54, 1.807) is 11.3 Å². The number of aromatic nitrogens is 1. The lowest BCUT2D eigenvalue weighted by atomic mass is 9.87. The number of halogens is 1. The van der Waals surface area contributed by atoms with E-state index in [0.717, 1.165) is 47.9 Å². The average molecular weight is 447 g/mol. The SMILES string of the molecule is Cc1cc2c(s1)CCC(CNC1CCC(Oc3ccc4[nH]ccc4c3)C1O)C2=O.Cl. The number of thiophene rings is 1. The largest absolute Gasteiger partial charge is 0.488 e. The van der Waals surface area contributed by atoms with Crippen molar-refractivity contribution in [2.45, 2.75) is 50.9 Å². The summed E-state index contributed by atoms with van der Waals surface area (Å²) in [4.78, 5) is 18.4. The highest BCUT2D eigenvalue weighted by molar-refractivity contribution is 7.12.